The predicted octanol–water partition coefficient (Wildman–Crippen LogP) is 5.92. The molecule has 1 saturated heterocycles. The number of nitrogens with zero attached hydrogens (tertiary/aromatic N) is 1. The molecule has 0 bridgehead atoms. The third kappa shape index (κ3) is 6.69. The average molecular weight is 645 g/mol. The van der Waals surface area contributed by atoms with Crippen LogP contribution in [0.1, 0.15) is 27.9 Å². The summed E-state index contributed by atoms with van der Waals surface area (Å²) in [6.45, 7) is 0.561. The molecule has 1 aliphatic rings. The van der Waals surface area contributed by atoms with E-state index in [4.69, 9.17) is 53.8 Å². The van der Waals surface area contributed by atoms with Gasteiger partial charge in [0.1, 0.15) is 5.60 Å². The van der Waals surface area contributed by atoms with Crippen molar-refractivity contribution < 1.29 is 36.7 Å². The van der Waals surface area contributed by atoms with E-state index < -0.39 is 15.7 Å². The maximum absolute atomic E-state index is 13.8. The highest BCUT2D eigenvalue weighted by Gasteiger charge is 2.41. The summed E-state index contributed by atoms with van der Waals surface area (Å²) >= 11 is 18.7. The van der Waals surface area contributed by atoms with Crippen molar-refractivity contribution in [2.45, 2.75) is 23.3 Å². The number of morpholine rings is 1. The molecule has 4 rings (SSSR count). The molecule has 13 heteroatoms. The van der Waals surface area contributed by atoms with Crippen molar-refractivity contribution in [3.63, 3.8) is 0 Å². The van der Waals surface area contributed by atoms with Crippen LogP contribution in [0.25, 0.3) is 0 Å². The largest absolute Gasteiger partial charge is 0.493 e. The van der Waals surface area contributed by atoms with Crippen LogP contribution in [0.15, 0.2) is 53.4 Å². The molecule has 3 aromatic carbocycles. The molecule has 1 unspecified atom stereocenters. The van der Waals surface area contributed by atoms with Gasteiger partial charge in [-0.1, -0.05) is 40.9 Å². The van der Waals surface area contributed by atoms with Gasteiger partial charge in [0.2, 0.25) is 5.75 Å². The van der Waals surface area contributed by atoms with E-state index >= 15 is 0 Å². The van der Waals surface area contributed by atoms with Gasteiger partial charge in [-0.05, 0) is 66.4 Å². The van der Waals surface area contributed by atoms with Crippen LogP contribution in [0, 0.1) is 0 Å². The summed E-state index contributed by atoms with van der Waals surface area (Å²) < 4.78 is 56.5. The summed E-state index contributed by atoms with van der Waals surface area (Å²) in [7, 11) is -0.112. The molecule has 41 heavy (non-hydrogen) atoms. The van der Waals surface area contributed by atoms with Gasteiger partial charge in [0.15, 0.2) is 11.5 Å². The number of amides is 1. The number of carbonyl (C=O) groups excluding carboxylic acids is 1. The maximum atomic E-state index is 13.8. The van der Waals surface area contributed by atoms with Crippen LogP contribution in [0.4, 0.5) is 0 Å². The third-order valence-electron chi connectivity index (χ3n) is 6.93. The van der Waals surface area contributed by atoms with Gasteiger partial charge in [-0.25, -0.2) is 0 Å². The van der Waals surface area contributed by atoms with Gasteiger partial charge in [-0.3, -0.25) is 9.35 Å². The highest BCUT2D eigenvalue weighted by atomic mass is 35.5. The molecule has 0 saturated carbocycles. The van der Waals surface area contributed by atoms with Crippen molar-refractivity contribution in [3.8, 4) is 17.2 Å². The Bertz CT molecular complexity index is 1540. The number of halogens is 3. The Balaban J connectivity index is 1.74. The summed E-state index contributed by atoms with van der Waals surface area (Å²) in [5.74, 6) is 0.712. The molecule has 3 aromatic rings. The van der Waals surface area contributed by atoms with Crippen molar-refractivity contribution in [2.24, 2.45) is 0 Å². The molecule has 1 N–H and O–H groups in total. The molecule has 1 atom stereocenters. The zero-order valence-electron chi connectivity index (χ0n) is 22.4. The minimum Gasteiger partial charge on any atom is -0.493 e. The first-order valence-electron chi connectivity index (χ1n) is 12.4. The second kappa shape index (κ2) is 12.6. The Morgan fingerprint density at radius 1 is 0.976 bits per heavy atom. The number of methoxy groups -OCH3 is 3. The quantitative estimate of drug-likeness (QED) is 0.286. The highest BCUT2D eigenvalue weighted by molar-refractivity contribution is 7.85. The fourth-order valence-corrected chi connectivity index (χ4v) is 6.15. The molecule has 1 heterocycles. The van der Waals surface area contributed by atoms with Gasteiger partial charge in [0, 0.05) is 17.1 Å². The molecule has 0 spiro atoms. The molecule has 0 radical (unpaired) electrons. The van der Waals surface area contributed by atoms with Crippen LogP contribution >= 0.6 is 34.8 Å². The monoisotopic (exact) mass is 643 g/mol. The SMILES string of the molecule is COc1cc(C(=O)N2CCOC(CCc3cc(Cl)ccc3S(=O)(=O)O)(c3ccc(Cl)c(Cl)c3)C2)cc(OC)c1OC. The van der Waals surface area contributed by atoms with E-state index in [2.05, 4.69) is 0 Å². The van der Waals surface area contributed by atoms with Gasteiger partial charge in [0.25, 0.3) is 16.0 Å². The van der Waals surface area contributed by atoms with E-state index in [9.17, 15) is 17.8 Å². The standard InChI is InChI=1S/C28H28Cl3NO8S/c1-37-23-13-18(14-24(38-2)26(23)39-3)27(33)32-10-11-40-28(16-32,19-4-6-21(30)22(31)15-19)9-8-17-12-20(29)5-7-25(17)41(34,35)36/h4-7,12-15H,8-11,16H2,1-3H3,(H,34,35,36). The Kier molecular flexibility index (Phi) is 9.63. The first kappa shape index (κ1) is 31.2. The lowest BCUT2D eigenvalue weighted by molar-refractivity contribution is -0.110. The molecule has 1 aliphatic heterocycles. The number of ether oxygens (including phenoxy) is 4. The fraction of sp³-hybridized carbons (Fsp3) is 0.321. The normalized spacial score (nSPS) is 17.3. The zero-order chi connectivity index (χ0) is 29.9. The number of hydrogen-bond acceptors (Lipinski definition) is 7. The van der Waals surface area contributed by atoms with Crippen LogP contribution in [0.5, 0.6) is 17.2 Å². The molecule has 220 valence electrons. The fourth-order valence-electron chi connectivity index (χ4n) is 4.93. The van der Waals surface area contributed by atoms with Crippen molar-refractivity contribution in [3.05, 3.63) is 80.3 Å². The van der Waals surface area contributed by atoms with Crippen LogP contribution in [-0.2, 0) is 26.9 Å². The number of carbonyl (C=O) groups is 1. The van der Waals surface area contributed by atoms with E-state index in [0.29, 0.717) is 49.0 Å². The Morgan fingerprint density at radius 3 is 2.24 bits per heavy atom. The average Bonchev–Trinajstić information content (AvgIpc) is 2.95. The molecule has 9 nitrogen and oxygen atoms in total. The number of benzene rings is 3. The van der Waals surface area contributed by atoms with E-state index in [0.717, 1.165) is 0 Å². The topological polar surface area (TPSA) is 112 Å². The predicted molar refractivity (Wildman–Crippen MR) is 156 cm³/mol. The smallest absolute Gasteiger partial charge is 0.294 e. The van der Waals surface area contributed by atoms with Gasteiger partial charge in [0.05, 0.1) is 49.4 Å². The van der Waals surface area contributed by atoms with Crippen LogP contribution in [0.3, 0.4) is 0 Å². The number of hydrogen-bond donors (Lipinski definition) is 1. The van der Waals surface area contributed by atoms with Crippen molar-refractivity contribution >= 4 is 50.8 Å². The second-order valence-electron chi connectivity index (χ2n) is 9.34. The lowest BCUT2D eigenvalue weighted by Gasteiger charge is -2.43. The van der Waals surface area contributed by atoms with E-state index in [-0.39, 0.29) is 43.3 Å². The first-order chi connectivity index (χ1) is 19.4. The minimum absolute atomic E-state index is 0.0994. The van der Waals surface area contributed by atoms with Crippen molar-refractivity contribution in [1.82, 2.24) is 4.90 Å². The van der Waals surface area contributed by atoms with E-state index in [1.807, 2.05) is 0 Å². The Hall–Kier alpha value is -2.73. The molecule has 0 aromatic heterocycles. The number of rotatable bonds is 9. The zero-order valence-corrected chi connectivity index (χ0v) is 25.5. The summed E-state index contributed by atoms with van der Waals surface area (Å²) in [5, 5.41) is 0.941. The van der Waals surface area contributed by atoms with Crippen LogP contribution < -0.4 is 14.2 Å². The molecule has 0 aliphatic carbocycles. The molecular weight excluding hydrogens is 617 g/mol. The Morgan fingerprint density at radius 2 is 1.66 bits per heavy atom. The molecular formula is C28H28Cl3NO8S. The lowest BCUT2D eigenvalue weighted by Crippen LogP contribution is -2.52. The van der Waals surface area contributed by atoms with Gasteiger partial charge in [-0.2, -0.15) is 8.42 Å². The van der Waals surface area contributed by atoms with Gasteiger partial charge in [-0.15, -0.1) is 0 Å². The van der Waals surface area contributed by atoms with E-state index in [1.165, 1.54) is 39.5 Å². The van der Waals surface area contributed by atoms with Crippen LogP contribution in [0.2, 0.25) is 15.1 Å². The van der Waals surface area contributed by atoms with Crippen LogP contribution in [-0.4, -0.2) is 64.8 Å². The lowest BCUT2D eigenvalue weighted by atomic mass is 9.85. The summed E-state index contributed by atoms with van der Waals surface area (Å²) in [6.07, 6.45) is 0.356. The van der Waals surface area contributed by atoms with Gasteiger partial charge >= 0.3 is 0 Å². The summed E-state index contributed by atoms with van der Waals surface area (Å²) in [4.78, 5) is 15.2. The third-order valence-corrected chi connectivity index (χ3v) is 8.86. The molecule has 1 amide bonds. The second-order valence-corrected chi connectivity index (χ2v) is 12.0. The highest BCUT2D eigenvalue weighted by Crippen LogP contribution is 2.41. The van der Waals surface area contributed by atoms with Crippen molar-refractivity contribution in [1.29, 1.82) is 0 Å². The van der Waals surface area contributed by atoms with Gasteiger partial charge < -0.3 is 23.8 Å². The first-order valence-corrected chi connectivity index (χ1v) is 14.9. The maximum Gasteiger partial charge on any atom is 0.294 e. The Labute approximate surface area is 253 Å². The summed E-state index contributed by atoms with van der Waals surface area (Å²) in [5.41, 5.74) is 0.149. The van der Waals surface area contributed by atoms with E-state index in [1.54, 1.807) is 35.2 Å². The summed E-state index contributed by atoms with van der Waals surface area (Å²) in [6, 6.07) is 12.3. The van der Waals surface area contributed by atoms with Crippen molar-refractivity contribution in [2.75, 3.05) is 41.0 Å². The minimum atomic E-state index is -4.52. The molecule has 1 fully saturated rings. The number of aryl methyl sites for hydroxylation is 1.